The molecule has 53 heavy (non-hydrogen) atoms. The van der Waals surface area contributed by atoms with E-state index in [2.05, 4.69) is 33.3 Å². The summed E-state index contributed by atoms with van der Waals surface area (Å²) in [4.78, 5) is 31.5. The largest absolute Gasteiger partial charge is 0.494 e. The molecule has 0 bridgehead atoms. The second-order valence-electron chi connectivity index (χ2n) is 11.4. The number of hydrogen-bond acceptors (Lipinski definition) is 10. The second kappa shape index (κ2) is 24.0. The summed E-state index contributed by atoms with van der Waals surface area (Å²) in [5.74, 6) is -0.0113. The van der Waals surface area contributed by atoms with Crippen molar-refractivity contribution < 1.29 is 55.6 Å². The van der Waals surface area contributed by atoms with Crippen LogP contribution in [0.25, 0.3) is 0 Å². The summed E-state index contributed by atoms with van der Waals surface area (Å²) in [6.07, 6.45) is 12.6. The molecular weight excluding hydrogens is 700 g/mol. The smallest absolute Gasteiger partial charge is 0.388 e. The van der Waals surface area contributed by atoms with E-state index in [9.17, 15) is 27.2 Å². The monoisotopic (exact) mass is 744 g/mol. The molecule has 0 amide bonds. The molecule has 4 rings (SSSR count). The van der Waals surface area contributed by atoms with Crippen LogP contribution in [0.1, 0.15) is 92.4 Å². The van der Waals surface area contributed by atoms with Crippen molar-refractivity contribution >= 4 is 11.9 Å². The maximum absolute atomic E-state index is 12.1. The minimum Gasteiger partial charge on any atom is -0.494 e. The predicted molar refractivity (Wildman–Crippen MR) is 188 cm³/mol. The highest BCUT2D eigenvalue weighted by molar-refractivity contribution is 5.91. The summed E-state index contributed by atoms with van der Waals surface area (Å²) < 4.78 is 78.1. The lowest BCUT2D eigenvalue weighted by Gasteiger charge is -2.08. The molecule has 14 heteroatoms. The lowest BCUT2D eigenvalue weighted by molar-refractivity contribution is -0.0535. The second-order valence-corrected chi connectivity index (χ2v) is 11.4. The van der Waals surface area contributed by atoms with Crippen molar-refractivity contribution in [2.75, 3.05) is 13.2 Å². The fourth-order valence-electron chi connectivity index (χ4n) is 4.50. The van der Waals surface area contributed by atoms with E-state index in [1.54, 1.807) is 48.5 Å². The Morgan fingerprint density at radius 1 is 0.509 bits per heavy atom. The van der Waals surface area contributed by atoms with Gasteiger partial charge in [-0.2, -0.15) is 17.6 Å². The number of alkyl halides is 4. The Morgan fingerprint density at radius 2 is 0.868 bits per heavy atom. The fraction of sp³-hybridized carbons (Fsp3) is 0.385. The lowest BCUT2D eigenvalue weighted by Crippen LogP contribution is -2.09. The van der Waals surface area contributed by atoms with E-state index in [1.807, 2.05) is 0 Å². The van der Waals surface area contributed by atoms with Crippen molar-refractivity contribution in [1.82, 2.24) is 9.97 Å². The molecule has 0 atom stereocenters. The number of hydrogen-bond donors (Lipinski definition) is 0. The van der Waals surface area contributed by atoms with Gasteiger partial charge in [-0.1, -0.05) is 58.8 Å². The van der Waals surface area contributed by atoms with Crippen LogP contribution in [0.15, 0.2) is 85.2 Å². The number of carbonyl (C=O) groups excluding carboxylic acids is 2. The number of unbranched alkanes of at least 4 members (excludes halogenated alkanes) is 7. The Morgan fingerprint density at radius 3 is 1.21 bits per heavy atom. The molecule has 2 aromatic heterocycles. The number of rotatable bonds is 21. The first-order chi connectivity index (χ1) is 25.7. The van der Waals surface area contributed by atoms with Gasteiger partial charge in [-0.3, -0.25) is 0 Å². The van der Waals surface area contributed by atoms with Crippen molar-refractivity contribution in [2.45, 2.75) is 84.9 Å². The first-order valence-electron chi connectivity index (χ1n) is 17.4. The van der Waals surface area contributed by atoms with E-state index in [0.29, 0.717) is 35.8 Å². The molecule has 10 nitrogen and oxygen atoms in total. The topological polar surface area (TPSA) is 115 Å². The van der Waals surface area contributed by atoms with Gasteiger partial charge in [0.15, 0.2) is 0 Å². The van der Waals surface area contributed by atoms with Crippen LogP contribution in [0.5, 0.6) is 34.8 Å². The van der Waals surface area contributed by atoms with Crippen LogP contribution < -0.4 is 28.4 Å². The first-order valence-corrected chi connectivity index (χ1v) is 17.4. The highest BCUT2D eigenvalue weighted by Crippen LogP contribution is 2.20. The van der Waals surface area contributed by atoms with E-state index in [4.69, 9.17) is 18.9 Å². The number of pyridine rings is 2. The fourth-order valence-corrected chi connectivity index (χ4v) is 4.50. The predicted octanol–water partition coefficient (Wildman–Crippen LogP) is 10.1. The number of carbonyl (C=O) groups is 2. The number of ether oxygens (including phenoxy) is 6. The zero-order valence-corrected chi connectivity index (χ0v) is 29.7. The molecule has 0 aliphatic heterocycles. The lowest BCUT2D eigenvalue weighted by atomic mass is 10.2. The van der Waals surface area contributed by atoms with Gasteiger partial charge in [-0.05, 0) is 73.5 Å². The van der Waals surface area contributed by atoms with Crippen molar-refractivity contribution in [3.8, 4) is 34.8 Å². The maximum atomic E-state index is 12.1. The Bertz CT molecular complexity index is 1610. The van der Waals surface area contributed by atoms with Gasteiger partial charge in [-0.15, -0.1) is 0 Å². The van der Waals surface area contributed by atoms with E-state index in [0.717, 1.165) is 38.1 Å². The van der Waals surface area contributed by atoms with Crippen LogP contribution in [0, 0.1) is 0 Å². The van der Waals surface area contributed by atoms with Crippen molar-refractivity contribution in [1.29, 1.82) is 0 Å². The van der Waals surface area contributed by atoms with Gasteiger partial charge in [0.05, 0.1) is 36.7 Å². The number of nitrogens with zero attached hydrogens (tertiary/aromatic N) is 2. The molecule has 2 aromatic carbocycles. The van der Waals surface area contributed by atoms with E-state index >= 15 is 0 Å². The van der Waals surface area contributed by atoms with E-state index < -0.39 is 25.2 Å². The highest BCUT2D eigenvalue weighted by Gasteiger charge is 2.12. The zero-order chi connectivity index (χ0) is 38.3. The van der Waals surface area contributed by atoms with Crippen LogP contribution in [-0.2, 0) is 0 Å². The number of aromatic nitrogens is 2. The summed E-state index contributed by atoms with van der Waals surface area (Å²) >= 11 is 0. The minimum absolute atomic E-state index is 0.132. The van der Waals surface area contributed by atoms with Gasteiger partial charge in [0.1, 0.15) is 23.0 Å². The first kappa shape index (κ1) is 42.0. The third kappa shape index (κ3) is 17.1. The average molecular weight is 745 g/mol. The standard InChI is InChI=1S/C20H23F2NO4.C19H21F2NO4/c1-2-3-4-5-6-13-25-16-9-7-15(8-10-16)19(24)26-17-11-12-18(23-14-17)27-20(21)22;1-2-3-4-5-12-24-15-8-6-14(7-9-15)18(23)25-16-10-11-17(22-13-16)26-19(20)21/h7-12,14,20H,2-6,13H2,1H3;6-11,13,19H,2-5,12H2,1H3. The number of halogens is 4. The van der Waals surface area contributed by atoms with Crippen molar-refractivity contribution in [3.05, 3.63) is 96.3 Å². The minimum atomic E-state index is -2.96. The molecule has 286 valence electrons. The molecule has 0 fully saturated rings. The van der Waals surface area contributed by atoms with Gasteiger partial charge in [0, 0.05) is 12.1 Å². The van der Waals surface area contributed by atoms with Crippen LogP contribution in [-0.4, -0.2) is 48.3 Å². The third-order valence-electron chi connectivity index (χ3n) is 7.22. The quantitative estimate of drug-likeness (QED) is 0.0464. The van der Waals surface area contributed by atoms with Crippen LogP contribution in [0.2, 0.25) is 0 Å². The SMILES string of the molecule is CCCCCCCOc1ccc(C(=O)Oc2ccc(OC(F)F)nc2)cc1.CCCCCCOc1ccc(C(=O)Oc2ccc(OC(F)F)nc2)cc1. The molecule has 0 unspecified atom stereocenters. The number of benzene rings is 2. The number of esters is 2. The summed E-state index contributed by atoms with van der Waals surface area (Å²) in [6, 6.07) is 18.3. The summed E-state index contributed by atoms with van der Waals surface area (Å²) in [5, 5.41) is 0. The molecule has 0 aliphatic rings. The molecule has 2 heterocycles. The molecule has 0 N–H and O–H groups in total. The van der Waals surface area contributed by atoms with Crippen LogP contribution in [0.3, 0.4) is 0 Å². The Labute approximate surface area is 306 Å². The molecule has 0 saturated heterocycles. The zero-order valence-electron chi connectivity index (χ0n) is 29.7. The van der Waals surface area contributed by atoms with Crippen molar-refractivity contribution in [2.24, 2.45) is 0 Å². The van der Waals surface area contributed by atoms with Crippen LogP contribution in [0.4, 0.5) is 17.6 Å². The molecule has 0 spiro atoms. The van der Waals surface area contributed by atoms with Gasteiger partial charge in [0.2, 0.25) is 11.8 Å². The normalized spacial score (nSPS) is 10.6. The molecule has 0 radical (unpaired) electrons. The van der Waals surface area contributed by atoms with E-state index in [-0.39, 0.29) is 23.3 Å². The molecule has 0 saturated carbocycles. The highest BCUT2D eigenvalue weighted by atomic mass is 19.3. The van der Waals surface area contributed by atoms with Gasteiger partial charge < -0.3 is 28.4 Å². The Balaban J connectivity index is 0.000000286. The molecular formula is C39H44F4N2O8. The molecule has 0 aliphatic carbocycles. The maximum Gasteiger partial charge on any atom is 0.388 e. The summed E-state index contributed by atoms with van der Waals surface area (Å²) in [6.45, 7) is -0.294. The Hall–Kier alpha value is -5.40. The third-order valence-corrected chi connectivity index (χ3v) is 7.22. The van der Waals surface area contributed by atoms with Gasteiger partial charge in [-0.25, -0.2) is 19.6 Å². The molecule has 4 aromatic rings. The summed E-state index contributed by atoms with van der Waals surface area (Å²) in [7, 11) is 0. The van der Waals surface area contributed by atoms with Crippen molar-refractivity contribution in [3.63, 3.8) is 0 Å². The van der Waals surface area contributed by atoms with Gasteiger partial charge >= 0.3 is 25.2 Å². The van der Waals surface area contributed by atoms with Crippen LogP contribution >= 0.6 is 0 Å². The van der Waals surface area contributed by atoms with Gasteiger partial charge in [0.25, 0.3) is 0 Å². The Kier molecular flexibility index (Phi) is 19.0. The average Bonchev–Trinajstić information content (AvgIpc) is 3.15. The van der Waals surface area contributed by atoms with E-state index in [1.165, 1.54) is 56.4 Å². The summed E-state index contributed by atoms with van der Waals surface area (Å²) in [5.41, 5.74) is 0.689.